The van der Waals surface area contributed by atoms with Crippen molar-refractivity contribution in [3.05, 3.63) is 47.0 Å². The third-order valence-electron chi connectivity index (χ3n) is 4.34. The van der Waals surface area contributed by atoms with Crippen LogP contribution in [-0.4, -0.2) is 41.0 Å². The SMILES string of the molecule is CCOCc1cnc(C)nc1NCC(=O)c1c(C)[nH]c2ccc(OC)cc12.I. The van der Waals surface area contributed by atoms with E-state index in [2.05, 4.69) is 20.3 Å². The summed E-state index contributed by atoms with van der Waals surface area (Å²) >= 11 is 0. The molecule has 0 aliphatic rings. The molecule has 0 spiro atoms. The van der Waals surface area contributed by atoms with Gasteiger partial charge in [-0.05, 0) is 39.0 Å². The number of H-pyrrole nitrogens is 1. The normalized spacial score (nSPS) is 10.6. The topological polar surface area (TPSA) is 89.1 Å². The number of anilines is 1. The van der Waals surface area contributed by atoms with Gasteiger partial charge in [-0.25, -0.2) is 9.97 Å². The Labute approximate surface area is 181 Å². The van der Waals surface area contributed by atoms with E-state index in [1.165, 1.54) is 0 Å². The van der Waals surface area contributed by atoms with Crippen LogP contribution in [0, 0.1) is 13.8 Å². The number of carbonyl (C=O) groups excluding carboxylic acids is 1. The Kier molecular flexibility index (Phi) is 7.76. The predicted octanol–water partition coefficient (Wildman–Crippen LogP) is 4.03. The van der Waals surface area contributed by atoms with Crippen LogP contribution in [-0.2, 0) is 11.3 Å². The molecule has 3 rings (SSSR count). The van der Waals surface area contributed by atoms with E-state index in [9.17, 15) is 4.79 Å². The quantitative estimate of drug-likeness (QED) is 0.362. The van der Waals surface area contributed by atoms with Crippen LogP contribution in [0.1, 0.15) is 34.4 Å². The van der Waals surface area contributed by atoms with Crippen molar-refractivity contribution in [2.24, 2.45) is 0 Å². The maximum absolute atomic E-state index is 12.9. The highest BCUT2D eigenvalue weighted by Crippen LogP contribution is 2.27. The number of hydrogen-bond donors (Lipinski definition) is 2. The number of aryl methyl sites for hydroxylation is 2. The van der Waals surface area contributed by atoms with Gasteiger partial charge in [0.2, 0.25) is 0 Å². The van der Waals surface area contributed by atoms with Crippen molar-refractivity contribution >= 4 is 46.5 Å². The molecule has 0 atom stereocenters. The molecule has 0 amide bonds. The van der Waals surface area contributed by atoms with Gasteiger partial charge in [0.25, 0.3) is 0 Å². The zero-order valence-electron chi connectivity index (χ0n) is 16.5. The predicted molar refractivity (Wildman–Crippen MR) is 120 cm³/mol. The lowest BCUT2D eigenvalue weighted by Crippen LogP contribution is -2.17. The number of rotatable bonds is 8. The Bertz CT molecular complexity index is 971. The first-order chi connectivity index (χ1) is 13.0. The molecular weight excluding hydrogens is 471 g/mol. The van der Waals surface area contributed by atoms with Gasteiger partial charge in [-0.3, -0.25) is 4.79 Å². The van der Waals surface area contributed by atoms with E-state index in [0.29, 0.717) is 36.2 Å². The maximum Gasteiger partial charge on any atom is 0.184 e. The third-order valence-corrected chi connectivity index (χ3v) is 4.34. The van der Waals surface area contributed by atoms with Crippen molar-refractivity contribution in [1.82, 2.24) is 15.0 Å². The number of aromatic nitrogens is 3. The van der Waals surface area contributed by atoms with Crippen molar-refractivity contribution in [1.29, 1.82) is 0 Å². The second-order valence-electron chi connectivity index (χ2n) is 6.24. The standard InChI is InChI=1S/C20H24N4O3.HI/c1-5-27-11-14-9-21-13(3)24-20(14)22-10-18(25)19-12(2)23-17-7-6-15(26-4)8-16(17)19;/h6-9,23H,5,10-11H2,1-4H3,(H,21,22,24);1H. The van der Waals surface area contributed by atoms with Crippen LogP contribution in [0.15, 0.2) is 24.4 Å². The van der Waals surface area contributed by atoms with Gasteiger partial charge in [0.15, 0.2) is 5.78 Å². The molecule has 2 heterocycles. The largest absolute Gasteiger partial charge is 0.497 e. The van der Waals surface area contributed by atoms with Gasteiger partial charge in [-0.1, -0.05) is 0 Å². The van der Waals surface area contributed by atoms with E-state index >= 15 is 0 Å². The number of ether oxygens (including phenoxy) is 2. The van der Waals surface area contributed by atoms with Crippen LogP contribution >= 0.6 is 24.0 Å². The van der Waals surface area contributed by atoms with Crippen molar-refractivity contribution in [3.8, 4) is 5.75 Å². The smallest absolute Gasteiger partial charge is 0.184 e. The van der Waals surface area contributed by atoms with Gasteiger partial charge in [-0.15, -0.1) is 24.0 Å². The number of benzene rings is 1. The molecule has 0 aliphatic heterocycles. The van der Waals surface area contributed by atoms with E-state index in [0.717, 1.165) is 22.2 Å². The molecule has 28 heavy (non-hydrogen) atoms. The molecule has 0 bridgehead atoms. The maximum atomic E-state index is 12.9. The van der Waals surface area contributed by atoms with Gasteiger partial charge in [-0.2, -0.15) is 0 Å². The number of Topliss-reactive ketones (excluding diaryl/α,β-unsaturated/α-hetero) is 1. The lowest BCUT2D eigenvalue weighted by Gasteiger charge is -2.11. The highest BCUT2D eigenvalue weighted by molar-refractivity contribution is 14.0. The number of fused-ring (bicyclic) bond motifs is 1. The van der Waals surface area contributed by atoms with Crippen LogP contribution < -0.4 is 10.1 Å². The fraction of sp³-hybridized carbons (Fsp3) is 0.350. The second kappa shape index (κ2) is 9.83. The minimum Gasteiger partial charge on any atom is -0.497 e. The molecule has 0 radical (unpaired) electrons. The van der Waals surface area contributed by atoms with E-state index in [4.69, 9.17) is 9.47 Å². The first-order valence-corrected chi connectivity index (χ1v) is 8.87. The first-order valence-electron chi connectivity index (χ1n) is 8.87. The summed E-state index contributed by atoms with van der Waals surface area (Å²) in [5.74, 6) is 1.96. The third kappa shape index (κ3) is 4.79. The monoisotopic (exact) mass is 496 g/mol. The van der Waals surface area contributed by atoms with Gasteiger partial charge in [0, 0.05) is 40.5 Å². The molecule has 0 saturated carbocycles. The molecule has 0 fully saturated rings. The first kappa shape index (κ1) is 22.1. The van der Waals surface area contributed by atoms with Gasteiger partial charge >= 0.3 is 0 Å². The molecule has 3 aromatic rings. The zero-order chi connectivity index (χ0) is 19.4. The zero-order valence-corrected chi connectivity index (χ0v) is 18.8. The molecule has 0 aliphatic carbocycles. The number of nitrogens with zero attached hydrogens (tertiary/aromatic N) is 2. The Morgan fingerprint density at radius 3 is 2.79 bits per heavy atom. The van der Waals surface area contributed by atoms with E-state index in [1.54, 1.807) is 13.3 Å². The van der Waals surface area contributed by atoms with Crippen LogP contribution in [0.4, 0.5) is 5.82 Å². The summed E-state index contributed by atoms with van der Waals surface area (Å²) in [5.41, 5.74) is 3.23. The lowest BCUT2D eigenvalue weighted by atomic mass is 10.1. The molecule has 2 aromatic heterocycles. The lowest BCUT2D eigenvalue weighted by molar-refractivity contribution is 0.101. The second-order valence-corrected chi connectivity index (χ2v) is 6.24. The number of ketones is 1. The van der Waals surface area contributed by atoms with Crippen molar-refractivity contribution < 1.29 is 14.3 Å². The molecular formula is C20H25IN4O3. The minimum atomic E-state index is -0.0226. The number of methoxy groups -OCH3 is 1. The summed E-state index contributed by atoms with van der Waals surface area (Å²) in [4.78, 5) is 24.8. The highest BCUT2D eigenvalue weighted by Gasteiger charge is 2.17. The fourth-order valence-corrected chi connectivity index (χ4v) is 3.01. The number of aromatic amines is 1. The summed E-state index contributed by atoms with van der Waals surface area (Å²) in [6, 6.07) is 5.66. The number of hydrogen-bond acceptors (Lipinski definition) is 6. The van der Waals surface area contributed by atoms with E-state index in [1.807, 2.05) is 39.0 Å². The van der Waals surface area contributed by atoms with Crippen LogP contribution in [0.25, 0.3) is 10.9 Å². The average Bonchev–Trinajstić information content (AvgIpc) is 3.00. The van der Waals surface area contributed by atoms with Crippen LogP contribution in [0.5, 0.6) is 5.75 Å². The van der Waals surface area contributed by atoms with Crippen molar-refractivity contribution in [2.75, 3.05) is 25.6 Å². The number of halogens is 1. The summed E-state index contributed by atoms with van der Waals surface area (Å²) < 4.78 is 10.7. The Morgan fingerprint density at radius 2 is 2.07 bits per heavy atom. The molecule has 0 unspecified atom stereocenters. The Balaban J connectivity index is 0.00000280. The molecule has 0 saturated heterocycles. The molecule has 8 heteroatoms. The molecule has 7 nitrogen and oxygen atoms in total. The fourth-order valence-electron chi connectivity index (χ4n) is 3.01. The van der Waals surface area contributed by atoms with Crippen molar-refractivity contribution in [3.63, 3.8) is 0 Å². The number of nitrogens with one attached hydrogen (secondary N) is 2. The average molecular weight is 496 g/mol. The summed E-state index contributed by atoms with van der Waals surface area (Å²) in [7, 11) is 1.61. The Hall–Kier alpha value is -2.20. The van der Waals surface area contributed by atoms with E-state index < -0.39 is 0 Å². The number of carbonyl (C=O) groups is 1. The molecule has 150 valence electrons. The highest BCUT2D eigenvalue weighted by atomic mass is 127. The van der Waals surface area contributed by atoms with Gasteiger partial charge in [0.1, 0.15) is 17.4 Å². The summed E-state index contributed by atoms with van der Waals surface area (Å²) in [6.07, 6.45) is 1.73. The van der Waals surface area contributed by atoms with Crippen molar-refractivity contribution in [2.45, 2.75) is 27.4 Å². The minimum absolute atomic E-state index is 0. The molecule has 1 aromatic carbocycles. The van der Waals surface area contributed by atoms with Crippen LogP contribution in [0.2, 0.25) is 0 Å². The molecule has 2 N–H and O–H groups in total. The summed E-state index contributed by atoms with van der Waals surface area (Å²) in [6.45, 7) is 6.77. The van der Waals surface area contributed by atoms with Crippen LogP contribution in [0.3, 0.4) is 0 Å². The Morgan fingerprint density at radius 1 is 1.29 bits per heavy atom. The van der Waals surface area contributed by atoms with E-state index in [-0.39, 0.29) is 36.3 Å². The van der Waals surface area contributed by atoms with Gasteiger partial charge in [0.05, 0.1) is 20.3 Å². The summed E-state index contributed by atoms with van der Waals surface area (Å²) in [5, 5.41) is 4.00. The van der Waals surface area contributed by atoms with Gasteiger partial charge < -0.3 is 19.8 Å².